The number of fused-ring (bicyclic) bond motifs is 2. The fraction of sp³-hybridized carbons (Fsp3) is 0.238. The molecule has 1 N–H and O–H groups in total. The van der Waals surface area contributed by atoms with E-state index in [1.807, 2.05) is 25.1 Å². The van der Waals surface area contributed by atoms with Gasteiger partial charge >= 0.3 is 0 Å². The van der Waals surface area contributed by atoms with E-state index in [9.17, 15) is 9.59 Å². The smallest absolute Gasteiger partial charge is 0.277 e. The molecule has 2 amide bonds. The van der Waals surface area contributed by atoms with Gasteiger partial charge in [-0.25, -0.2) is 0 Å². The number of nitrogens with one attached hydrogen (secondary N) is 1. The van der Waals surface area contributed by atoms with Crippen molar-refractivity contribution in [1.82, 2.24) is 10.2 Å². The maximum atomic E-state index is 13.1. The second-order valence-corrected chi connectivity index (χ2v) is 8.04. The van der Waals surface area contributed by atoms with Gasteiger partial charge in [0.25, 0.3) is 5.22 Å². The van der Waals surface area contributed by atoms with Crippen LogP contribution >= 0.6 is 11.8 Å². The van der Waals surface area contributed by atoms with Crippen molar-refractivity contribution in [2.24, 2.45) is 0 Å². The van der Waals surface area contributed by atoms with E-state index in [-0.39, 0.29) is 42.0 Å². The van der Waals surface area contributed by atoms with Crippen LogP contribution in [0.3, 0.4) is 0 Å². The number of rotatable bonds is 4. The van der Waals surface area contributed by atoms with Gasteiger partial charge in [-0.2, -0.15) is 0 Å². The third-order valence-corrected chi connectivity index (χ3v) is 5.78. The number of thioether (sulfide) groups is 1. The predicted molar refractivity (Wildman–Crippen MR) is 113 cm³/mol. The summed E-state index contributed by atoms with van der Waals surface area (Å²) in [6.45, 7) is 2.04. The van der Waals surface area contributed by atoms with Crippen LogP contribution in [0.4, 0.5) is 11.4 Å². The summed E-state index contributed by atoms with van der Waals surface area (Å²) in [5, 5.41) is 11.2. The van der Waals surface area contributed by atoms with Gasteiger partial charge in [-0.3, -0.25) is 9.59 Å². The number of para-hydroxylation sites is 2. The number of nitrogens with zero attached hydrogens (tertiary/aromatic N) is 3. The molecule has 3 heterocycles. The lowest BCUT2D eigenvalue weighted by molar-refractivity contribution is -0.117. The molecular weight excluding hydrogens is 420 g/mol. The van der Waals surface area contributed by atoms with Gasteiger partial charge in [-0.15, -0.1) is 10.2 Å². The summed E-state index contributed by atoms with van der Waals surface area (Å²) in [4.78, 5) is 26.8. The third-order valence-electron chi connectivity index (χ3n) is 4.97. The summed E-state index contributed by atoms with van der Waals surface area (Å²) in [5.74, 6) is 1.45. The zero-order valence-corrected chi connectivity index (χ0v) is 17.3. The maximum Gasteiger partial charge on any atom is 0.277 e. The lowest BCUT2D eigenvalue weighted by Gasteiger charge is -2.27. The van der Waals surface area contributed by atoms with Crippen molar-refractivity contribution in [3.05, 3.63) is 42.5 Å². The van der Waals surface area contributed by atoms with Crippen molar-refractivity contribution in [3.8, 4) is 23.0 Å². The summed E-state index contributed by atoms with van der Waals surface area (Å²) in [6.07, 6.45) is 0.222. The Balaban J connectivity index is 1.30. The first-order valence-corrected chi connectivity index (χ1v) is 10.6. The van der Waals surface area contributed by atoms with Crippen molar-refractivity contribution in [2.45, 2.75) is 24.6 Å². The Labute approximate surface area is 181 Å². The van der Waals surface area contributed by atoms with Gasteiger partial charge in [-0.05, 0) is 37.3 Å². The Bertz CT molecular complexity index is 1160. The van der Waals surface area contributed by atoms with Gasteiger partial charge in [0.2, 0.25) is 24.5 Å². The van der Waals surface area contributed by atoms with Crippen LogP contribution < -0.4 is 19.7 Å². The molecule has 0 spiro atoms. The highest BCUT2D eigenvalue weighted by atomic mass is 32.2. The van der Waals surface area contributed by atoms with Crippen LogP contribution in [0.2, 0.25) is 0 Å². The Morgan fingerprint density at radius 3 is 2.94 bits per heavy atom. The van der Waals surface area contributed by atoms with E-state index >= 15 is 0 Å². The number of benzene rings is 2. The minimum atomic E-state index is -0.274. The topological polar surface area (TPSA) is 107 Å². The van der Waals surface area contributed by atoms with Crippen LogP contribution in [0.15, 0.2) is 52.1 Å². The SMILES string of the molecule is C[C@@H]1CC(=O)Nc2ccccc2N1C(=O)CSc1nnc(-c2ccc3c(c2)OCO3)o1. The van der Waals surface area contributed by atoms with Crippen molar-refractivity contribution in [1.29, 1.82) is 0 Å². The third kappa shape index (κ3) is 3.81. The molecule has 31 heavy (non-hydrogen) atoms. The molecule has 1 atom stereocenters. The Morgan fingerprint density at radius 2 is 2.03 bits per heavy atom. The molecule has 0 saturated carbocycles. The number of amides is 2. The molecular formula is C21H18N4O5S. The lowest BCUT2D eigenvalue weighted by Crippen LogP contribution is -2.40. The van der Waals surface area contributed by atoms with Crippen LogP contribution in [0, 0.1) is 0 Å². The van der Waals surface area contributed by atoms with Gasteiger partial charge in [-0.1, -0.05) is 23.9 Å². The highest BCUT2D eigenvalue weighted by molar-refractivity contribution is 7.99. The summed E-state index contributed by atoms with van der Waals surface area (Å²) >= 11 is 1.15. The van der Waals surface area contributed by atoms with E-state index < -0.39 is 0 Å². The molecule has 5 rings (SSSR count). The molecule has 1 aromatic heterocycles. The van der Waals surface area contributed by atoms with E-state index in [1.165, 1.54) is 0 Å². The van der Waals surface area contributed by atoms with E-state index in [0.717, 1.165) is 11.8 Å². The molecule has 2 aromatic carbocycles. The number of carbonyl (C=O) groups excluding carboxylic acids is 2. The van der Waals surface area contributed by atoms with Crippen LogP contribution in [0.1, 0.15) is 13.3 Å². The number of aromatic nitrogens is 2. The molecule has 3 aromatic rings. The maximum absolute atomic E-state index is 13.1. The number of carbonyl (C=O) groups is 2. The van der Waals surface area contributed by atoms with Gasteiger partial charge in [0.15, 0.2) is 11.5 Å². The molecule has 0 aliphatic carbocycles. The molecule has 10 heteroatoms. The predicted octanol–water partition coefficient (Wildman–Crippen LogP) is 3.32. The highest BCUT2D eigenvalue weighted by Crippen LogP contribution is 2.36. The van der Waals surface area contributed by atoms with Gasteiger partial charge < -0.3 is 24.1 Å². The molecule has 0 bridgehead atoms. The molecule has 0 saturated heterocycles. The first-order chi connectivity index (χ1) is 15.1. The van der Waals surface area contributed by atoms with Crippen LogP contribution in [-0.2, 0) is 9.59 Å². The first kappa shape index (κ1) is 19.4. The van der Waals surface area contributed by atoms with E-state index in [4.69, 9.17) is 13.9 Å². The van der Waals surface area contributed by atoms with Gasteiger partial charge in [0, 0.05) is 18.0 Å². The standard InChI is InChI=1S/C21H18N4O5S/c1-12-8-18(26)22-14-4-2-3-5-15(14)25(12)19(27)10-31-21-24-23-20(30-21)13-6-7-16-17(9-13)29-11-28-16/h2-7,9,12H,8,10-11H2,1H3,(H,22,26)/t12-/m1/s1. The van der Waals surface area contributed by atoms with Crippen LogP contribution in [0.5, 0.6) is 11.5 Å². The second-order valence-electron chi connectivity index (χ2n) is 7.11. The van der Waals surface area contributed by atoms with Crippen LogP contribution in [0.25, 0.3) is 11.5 Å². The second kappa shape index (κ2) is 7.95. The Hall–Kier alpha value is -3.53. The number of anilines is 2. The van der Waals surface area contributed by atoms with Crippen molar-refractivity contribution < 1.29 is 23.5 Å². The summed E-state index contributed by atoms with van der Waals surface area (Å²) in [7, 11) is 0. The average molecular weight is 438 g/mol. The zero-order valence-electron chi connectivity index (χ0n) is 16.5. The normalized spacial score (nSPS) is 17.1. The van der Waals surface area contributed by atoms with Crippen molar-refractivity contribution in [2.75, 3.05) is 22.8 Å². The van der Waals surface area contributed by atoms with E-state index in [2.05, 4.69) is 15.5 Å². The van der Waals surface area contributed by atoms with Crippen molar-refractivity contribution >= 4 is 35.0 Å². The Morgan fingerprint density at radius 1 is 1.19 bits per heavy atom. The monoisotopic (exact) mass is 438 g/mol. The molecule has 0 unspecified atom stereocenters. The van der Waals surface area contributed by atoms with E-state index in [1.54, 1.807) is 29.2 Å². The molecule has 2 aliphatic heterocycles. The average Bonchev–Trinajstić information content (AvgIpc) is 3.39. The minimum Gasteiger partial charge on any atom is -0.454 e. The fourth-order valence-corrected chi connectivity index (χ4v) is 4.20. The van der Waals surface area contributed by atoms with Crippen LogP contribution in [-0.4, -0.2) is 40.6 Å². The largest absolute Gasteiger partial charge is 0.454 e. The zero-order chi connectivity index (χ0) is 21.4. The summed E-state index contributed by atoms with van der Waals surface area (Å²) in [5.41, 5.74) is 2.01. The summed E-state index contributed by atoms with van der Waals surface area (Å²) in [6, 6.07) is 12.4. The first-order valence-electron chi connectivity index (χ1n) is 9.66. The summed E-state index contributed by atoms with van der Waals surface area (Å²) < 4.78 is 16.4. The van der Waals surface area contributed by atoms with Gasteiger partial charge in [0.05, 0.1) is 17.1 Å². The molecule has 0 fully saturated rings. The van der Waals surface area contributed by atoms with Crippen molar-refractivity contribution in [3.63, 3.8) is 0 Å². The highest BCUT2D eigenvalue weighted by Gasteiger charge is 2.29. The fourth-order valence-electron chi connectivity index (χ4n) is 3.58. The number of hydrogen-bond donors (Lipinski definition) is 1. The molecule has 0 radical (unpaired) electrons. The van der Waals surface area contributed by atoms with E-state index in [0.29, 0.717) is 34.3 Å². The molecule has 2 aliphatic rings. The number of hydrogen-bond acceptors (Lipinski definition) is 8. The lowest BCUT2D eigenvalue weighted by atomic mass is 10.2. The molecule has 9 nitrogen and oxygen atoms in total. The Kier molecular flexibility index (Phi) is 4.99. The molecule has 158 valence electrons. The number of ether oxygens (including phenoxy) is 2. The minimum absolute atomic E-state index is 0.0929. The quantitative estimate of drug-likeness (QED) is 0.618. The van der Waals surface area contributed by atoms with Gasteiger partial charge in [0.1, 0.15) is 0 Å².